The van der Waals surface area contributed by atoms with Crippen LogP contribution in [0.1, 0.15) is 41.8 Å². The van der Waals surface area contributed by atoms with E-state index in [9.17, 15) is 10.0 Å². The average Bonchev–Trinajstić information content (AvgIpc) is 3.07. The molecule has 7 nitrogen and oxygen atoms in total. The highest BCUT2D eigenvalue weighted by Crippen LogP contribution is 2.32. The van der Waals surface area contributed by atoms with Gasteiger partial charge in [-0.1, -0.05) is 55.4 Å². The molecule has 0 bridgehead atoms. The number of nitrogens with zero attached hydrogens (tertiary/aromatic N) is 2. The number of oxime groups is 1. The van der Waals surface area contributed by atoms with Gasteiger partial charge < -0.3 is 15.5 Å². The summed E-state index contributed by atoms with van der Waals surface area (Å²) in [5.41, 5.74) is 10.4. The lowest BCUT2D eigenvalue weighted by Crippen LogP contribution is -2.25. The molecule has 1 amide bonds. The van der Waals surface area contributed by atoms with E-state index in [4.69, 9.17) is 11.0 Å². The maximum atomic E-state index is 11.9. The Balaban J connectivity index is 0.00000121. The van der Waals surface area contributed by atoms with Crippen LogP contribution >= 0.6 is 37.2 Å². The minimum Gasteiger partial charge on any atom is -0.410 e. The van der Waals surface area contributed by atoms with E-state index in [1.807, 2.05) is 70.2 Å². The summed E-state index contributed by atoms with van der Waals surface area (Å²) in [6, 6.07) is 13.9. The van der Waals surface area contributed by atoms with E-state index in [0.29, 0.717) is 18.5 Å². The molecule has 1 heterocycles. The lowest BCUT2D eigenvalue weighted by molar-refractivity contribution is -0.241. The molecule has 2 aromatic carbocycles. The topological polar surface area (TPSA) is 110 Å². The van der Waals surface area contributed by atoms with Crippen molar-refractivity contribution in [2.24, 2.45) is 10.9 Å². The molecular weight excluding hydrogens is 636 g/mol. The fraction of sp³-hybridized carbons (Fsp3) is 0.304. The third kappa shape index (κ3) is 6.65. The third-order valence-corrected chi connectivity index (χ3v) is 4.87. The summed E-state index contributed by atoms with van der Waals surface area (Å²) in [5, 5.41) is 22.2. The van der Waals surface area contributed by atoms with Gasteiger partial charge in [0.2, 0.25) is 0 Å². The summed E-state index contributed by atoms with van der Waals surface area (Å²) in [5.74, 6) is -0.811. The monoisotopic (exact) mass is 665 g/mol. The quantitative estimate of drug-likeness (QED) is 0.0975. The molecule has 174 valence electrons. The van der Waals surface area contributed by atoms with Gasteiger partial charge in [0.1, 0.15) is 0 Å². The molecule has 0 unspecified atom stereocenters. The van der Waals surface area contributed by atoms with Crippen LogP contribution in [0.15, 0.2) is 47.6 Å². The van der Waals surface area contributed by atoms with Gasteiger partial charge in [-0.05, 0) is 43.0 Å². The lowest BCUT2D eigenvalue weighted by Gasteiger charge is -2.10. The van der Waals surface area contributed by atoms with Gasteiger partial charge >= 0.3 is 0 Å². The van der Waals surface area contributed by atoms with Gasteiger partial charge in [-0.15, -0.1) is 0 Å². The number of hydrogen-bond acceptors (Lipinski definition) is 5. The molecule has 0 saturated heterocycles. The van der Waals surface area contributed by atoms with Crippen LogP contribution < -0.4 is 5.73 Å². The Morgan fingerprint density at radius 2 is 1.78 bits per heavy atom. The van der Waals surface area contributed by atoms with Crippen molar-refractivity contribution < 1.29 is 20.1 Å². The molecule has 9 heteroatoms. The number of primary amides is 1. The van der Waals surface area contributed by atoms with Crippen LogP contribution in [0.4, 0.5) is 0 Å². The fourth-order valence-corrected chi connectivity index (χ4v) is 3.67. The largest absolute Gasteiger partial charge is 0.410 e. The Labute approximate surface area is 211 Å². The van der Waals surface area contributed by atoms with Crippen LogP contribution in [0, 0.1) is 13.8 Å². The van der Waals surface area contributed by atoms with E-state index in [-0.39, 0.29) is 12.3 Å². The molecule has 4 N–H and O–H groups in total. The molecule has 32 heavy (non-hydrogen) atoms. The number of fused-ring (bicyclic) bond motifs is 1. The average molecular weight is 665 g/mol. The molecule has 1 aromatic heterocycles. The molecule has 0 saturated carbocycles. The standard InChI is InChI=1S/C21H23N3O4.C2H6.I2/c1-13-10-16(8-9-28-27)19-17(11-13)24(12-15-6-4-3-5-7-15)14(2)18(19)20(23-26)21(22)25;2*1-2/h3-7,10-11,26-27H,8-9,12H2,1-2H3,(H2,22,25);1-2H3;/b23-20-;;. The number of nitrogens with two attached hydrogens (primary N) is 1. The Morgan fingerprint density at radius 3 is 2.31 bits per heavy atom. The van der Waals surface area contributed by atoms with E-state index in [2.05, 4.69) is 51.8 Å². The number of aryl methyl sites for hydroxylation is 1. The highest BCUT2D eigenvalue weighted by Gasteiger charge is 2.25. The molecule has 0 radical (unpaired) electrons. The number of rotatable bonds is 7. The third-order valence-electron chi connectivity index (χ3n) is 4.87. The van der Waals surface area contributed by atoms with Crippen LogP contribution in [0.5, 0.6) is 0 Å². The molecule has 0 fully saturated rings. The highest BCUT2D eigenvalue weighted by atomic mass is 128. The molecule has 0 spiro atoms. The summed E-state index contributed by atoms with van der Waals surface area (Å²) in [4.78, 5) is 16.2. The first-order valence-electron chi connectivity index (χ1n) is 10.1. The fourth-order valence-electron chi connectivity index (χ4n) is 3.67. The molecule has 0 aliphatic carbocycles. The van der Waals surface area contributed by atoms with Gasteiger partial charge in [0, 0.05) is 65.9 Å². The number of halogens is 2. The van der Waals surface area contributed by atoms with Crippen molar-refractivity contribution in [3.05, 3.63) is 70.4 Å². The number of aromatic nitrogens is 1. The number of carbonyl (C=O) groups is 1. The zero-order valence-electron chi connectivity index (χ0n) is 18.6. The minimum absolute atomic E-state index is 0.100. The molecule has 0 aliphatic rings. The number of benzene rings is 2. The van der Waals surface area contributed by atoms with Gasteiger partial charge in [-0.25, -0.2) is 4.89 Å². The summed E-state index contributed by atoms with van der Waals surface area (Å²) >= 11 is 4.24. The zero-order chi connectivity index (χ0) is 24.3. The van der Waals surface area contributed by atoms with Gasteiger partial charge in [0.05, 0.1) is 6.61 Å². The molecular formula is C23H29I2N3O4. The van der Waals surface area contributed by atoms with Crippen molar-refractivity contribution in [1.82, 2.24) is 4.57 Å². The summed E-state index contributed by atoms with van der Waals surface area (Å²) in [7, 11) is 0. The summed E-state index contributed by atoms with van der Waals surface area (Å²) in [6.45, 7) is 8.53. The maximum Gasteiger partial charge on any atom is 0.271 e. The van der Waals surface area contributed by atoms with Crippen molar-refractivity contribution in [3.8, 4) is 0 Å². The van der Waals surface area contributed by atoms with E-state index >= 15 is 0 Å². The molecule has 3 aromatic rings. The second-order valence-electron chi connectivity index (χ2n) is 6.75. The number of carbonyl (C=O) groups excluding carboxylic acids is 1. The van der Waals surface area contributed by atoms with Crippen LogP contribution in [0.25, 0.3) is 10.9 Å². The second kappa shape index (κ2) is 14.4. The van der Waals surface area contributed by atoms with E-state index in [0.717, 1.165) is 33.3 Å². The van der Waals surface area contributed by atoms with Crippen LogP contribution in [-0.2, 0) is 22.6 Å². The van der Waals surface area contributed by atoms with Crippen molar-refractivity contribution in [2.45, 2.75) is 40.7 Å². The number of hydrogen-bond donors (Lipinski definition) is 3. The Morgan fingerprint density at radius 1 is 1.16 bits per heavy atom. The van der Waals surface area contributed by atoms with Gasteiger partial charge in [-0.2, -0.15) is 0 Å². The first-order valence-corrected chi connectivity index (χ1v) is 16.4. The molecule has 3 rings (SSSR count). The molecule has 0 atom stereocenters. The van der Waals surface area contributed by atoms with Gasteiger partial charge in [-0.3, -0.25) is 10.1 Å². The SMILES string of the molecule is CC.Cc1cc(CCOO)c2c(/C(=N/O)C(N)=O)c(C)n(Cc3ccccc3)c2c1.II. The summed E-state index contributed by atoms with van der Waals surface area (Å²) in [6.07, 6.45) is 0.425. The minimum atomic E-state index is -0.811. The van der Waals surface area contributed by atoms with Gasteiger partial charge in [0.25, 0.3) is 5.91 Å². The van der Waals surface area contributed by atoms with Crippen molar-refractivity contribution >= 4 is 59.8 Å². The molecule has 0 aliphatic heterocycles. The second-order valence-corrected chi connectivity index (χ2v) is 6.75. The van der Waals surface area contributed by atoms with Crippen molar-refractivity contribution in [1.29, 1.82) is 0 Å². The van der Waals surface area contributed by atoms with E-state index in [1.54, 1.807) is 0 Å². The Kier molecular flexibility index (Phi) is 12.8. The smallest absolute Gasteiger partial charge is 0.271 e. The van der Waals surface area contributed by atoms with Crippen LogP contribution in [0.3, 0.4) is 0 Å². The van der Waals surface area contributed by atoms with E-state index in [1.165, 1.54) is 0 Å². The predicted molar refractivity (Wildman–Crippen MR) is 146 cm³/mol. The maximum absolute atomic E-state index is 11.9. The van der Waals surface area contributed by atoms with Crippen LogP contribution in [0.2, 0.25) is 0 Å². The Bertz CT molecular complexity index is 1050. The van der Waals surface area contributed by atoms with Crippen molar-refractivity contribution in [2.75, 3.05) is 6.61 Å². The zero-order valence-corrected chi connectivity index (χ0v) is 22.9. The number of amides is 1. The highest BCUT2D eigenvalue weighted by molar-refractivity contribution is 15.0. The van der Waals surface area contributed by atoms with E-state index < -0.39 is 5.91 Å². The predicted octanol–water partition coefficient (Wildman–Crippen LogP) is 5.80. The van der Waals surface area contributed by atoms with Crippen molar-refractivity contribution in [3.63, 3.8) is 0 Å². The van der Waals surface area contributed by atoms with Gasteiger partial charge in [0.15, 0.2) is 5.71 Å². The first kappa shape index (κ1) is 28.3. The summed E-state index contributed by atoms with van der Waals surface area (Å²) < 4.78 is 2.07. The Hall–Kier alpha value is -1.70. The normalized spacial score (nSPS) is 10.8. The van der Waals surface area contributed by atoms with Crippen LogP contribution in [-0.4, -0.2) is 33.3 Å². The first-order chi connectivity index (χ1) is 15.5. The lowest BCUT2D eigenvalue weighted by atomic mass is 9.97.